The Bertz CT molecular complexity index is 870. The lowest BCUT2D eigenvalue weighted by Gasteiger charge is -2.50. The zero-order valence-corrected chi connectivity index (χ0v) is 25.1. The summed E-state index contributed by atoms with van der Waals surface area (Å²) in [6, 6.07) is 12.3. The Hall–Kier alpha value is -0.630. The van der Waals surface area contributed by atoms with Gasteiger partial charge in [-0.1, -0.05) is 63.1 Å². The third-order valence-corrected chi connectivity index (χ3v) is 10.9. The van der Waals surface area contributed by atoms with Crippen LogP contribution in [0.3, 0.4) is 0 Å². The van der Waals surface area contributed by atoms with Gasteiger partial charge in [-0.05, 0) is 89.2 Å². The Morgan fingerprint density at radius 3 is 2.49 bits per heavy atom. The van der Waals surface area contributed by atoms with Crippen LogP contribution in [0, 0.1) is 17.3 Å². The number of nitrogens with one attached hydrogen (secondary N) is 3. The van der Waals surface area contributed by atoms with Gasteiger partial charge in [-0.3, -0.25) is 25.2 Å². The van der Waals surface area contributed by atoms with E-state index in [4.69, 9.17) is 0 Å². The number of piperidine rings is 2. The lowest BCUT2D eigenvalue weighted by molar-refractivity contribution is 0.00549. The first-order valence-electron chi connectivity index (χ1n) is 15.1. The fourth-order valence-corrected chi connectivity index (χ4v) is 8.76. The van der Waals surface area contributed by atoms with Crippen LogP contribution in [-0.4, -0.2) is 59.2 Å². The molecule has 5 nitrogen and oxygen atoms in total. The summed E-state index contributed by atoms with van der Waals surface area (Å²) in [6.07, 6.45) is 11.1. The normalized spacial score (nSPS) is 39.8. The summed E-state index contributed by atoms with van der Waals surface area (Å²) in [6.45, 7) is 14.6. The van der Waals surface area contributed by atoms with Crippen molar-refractivity contribution in [2.75, 3.05) is 20.1 Å². The second kappa shape index (κ2) is 11.5. The molecule has 3 N–H and O–H groups in total. The molecule has 0 aromatic heterocycles. The van der Waals surface area contributed by atoms with Crippen molar-refractivity contribution in [1.29, 1.82) is 0 Å². The highest BCUT2D eigenvalue weighted by atomic mass is 32.2. The largest absolute Gasteiger partial charge is 0.298 e. The Kier molecular flexibility index (Phi) is 8.65. The summed E-state index contributed by atoms with van der Waals surface area (Å²) >= 11 is 1.95. The summed E-state index contributed by atoms with van der Waals surface area (Å²) in [5.74, 6) is 1.40. The number of hydrogen-bond donors (Lipinski definition) is 3. The number of hydrogen-bond acceptors (Lipinski definition) is 6. The van der Waals surface area contributed by atoms with Gasteiger partial charge in [0.05, 0.1) is 17.7 Å². The van der Waals surface area contributed by atoms with Crippen LogP contribution in [0.5, 0.6) is 0 Å². The fraction of sp³-hybridized carbons (Fsp3) is 0.806. The van der Waals surface area contributed by atoms with Gasteiger partial charge in [-0.15, -0.1) is 0 Å². The lowest BCUT2D eigenvalue weighted by Crippen LogP contribution is -2.63. The van der Waals surface area contributed by atoms with E-state index in [1.165, 1.54) is 63.5 Å². The highest BCUT2D eigenvalue weighted by Crippen LogP contribution is 2.42. The highest BCUT2D eigenvalue weighted by molar-refractivity contribution is 7.98. The predicted molar refractivity (Wildman–Crippen MR) is 158 cm³/mol. The van der Waals surface area contributed by atoms with Crippen molar-refractivity contribution in [3.8, 4) is 0 Å². The number of rotatable bonds is 1. The zero-order valence-electron chi connectivity index (χ0n) is 24.3. The second-order valence-electron chi connectivity index (χ2n) is 14.1. The van der Waals surface area contributed by atoms with E-state index in [1.807, 2.05) is 11.9 Å². The minimum absolute atomic E-state index is 0.233. The maximum Gasteiger partial charge on any atom is 0.0690 e. The van der Waals surface area contributed by atoms with E-state index in [0.717, 1.165) is 12.5 Å². The molecule has 0 spiro atoms. The monoisotopic (exact) mass is 527 g/mol. The highest BCUT2D eigenvalue weighted by Gasteiger charge is 2.47. The second-order valence-corrected chi connectivity index (χ2v) is 15.2. The molecule has 4 aliphatic rings. The molecule has 7 unspecified atom stereocenters. The smallest absolute Gasteiger partial charge is 0.0690 e. The van der Waals surface area contributed by atoms with Gasteiger partial charge in [0.15, 0.2) is 0 Å². The van der Waals surface area contributed by atoms with E-state index in [0.29, 0.717) is 41.1 Å². The molecule has 0 aliphatic carbocycles. The third-order valence-electron chi connectivity index (χ3n) is 9.96. The van der Waals surface area contributed by atoms with E-state index < -0.39 is 0 Å². The molecule has 4 heterocycles. The summed E-state index contributed by atoms with van der Waals surface area (Å²) in [5, 5.41) is 8.71. The van der Waals surface area contributed by atoms with Crippen molar-refractivity contribution in [2.45, 2.75) is 121 Å². The first-order valence-corrected chi connectivity index (χ1v) is 15.9. The molecule has 0 amide bonds. The van der Waals surface area contributed by atoms with E-state index in [2.05, 4.69) is 97.2 Å². The minimum Gasteiger partial charge on any atom is -0.298 e. The molecular formula is C31H53N5S. The fourth-order valence-electron chi connectivity index (χ4n) is 7.74. The molecule has 5 rings (SSSR count). The van der Waals surface area contributed by atoms with Gasteiger partial charge in [0.2, 0.25) is 0 Å². The molecule has 0 saturated carbocycles. The quantitative estimate of drug-likeness (QED) is 0.392. The molecule has 6 heteroatoms. The molecule has 1 aromatic rings. The molecule has 4 aliphatic heterocycles. The van der Waals surface area contributed by atoms with Crippen LogP contribution >= 0.6 is 11.9 Å². The Morgan fingerprint density at radius 2 is 1.73 bits per heavy atom. The van der Waals surface area contributed by atoms with Crippen LogP contribution in [0.1, 0.15) is 97.6 Å². The van der Waals surface area contributed by atoms with Gasteiger partial charge in [-0.2, -0.15) is 0 Å². The summed E-state index contributed by atoms with van der Waals surface area (Å²) < 4.78 is 3.88. The van der Waals surface area contributed by atoms with Gasteiger partial charge in [-0.25, -0.2) is 0 Å². The van der Waals surface area contributed by atoms with Crippen LogP contribution in [0.15, 0.2) is 30.3 Å². The van der Waals surface area contributed by atoms with Crippen molar-refractivity contribution >= 4 is 11.9 Å². The van der Waals surface area contributed by atoms with Gasteiger partial charge >= 0.3 is 0 Å². The molecule has 208 valence electrons. The van der Waals surface area contributed by atoms with Crippen molar-refractivity contribution in [3.63, 3.8) is 0 Å². The number of fused-ring (bicyclic) bond motifs is 6. The molecule has 4 bridgehead atoms. The van der Waals surface area contributed by atoms with Crippen LogP contribution in [0.25, 0.3) is 0 Å². The third kappa shape index (κ3) is 6.41. The van der Waals surface area contributed by atoms with E-state index in [-0.39, 0.29) is 5.54 Å². The maximum absolute atomic E-state index is 4.21. The lowest BCUT2D eigenvalue weighted by atomic mass is 9.78. The van der Waals surface area contributed by atoms with Crippen LogP contribution in [0.4, 0.5) is 0 Å². The SMILES string of the molecule is CN1C2CCCC(N2)SNCC2CCC(C(C)(C)C)NC2N2C[C@@H](CCC1c1ccccc1)CC2(C)C. The molecule has 4 fully saturated rings. The van der Waals surface area contributed by atoms with Crippen molar-refractivity contribution in [2.24, 2.45) is 17.3 Å². The summed E-state index contributed by atoms with van der Waals surface area (Å²) in [4.78, 5) is 5.54. The maximum atomic E-state index is 4.21. The number of nitrogens with zero attached hydrogens (tertiary/aromatic N) is 2. The van der Waals surface area contributed by atoms with Crippen LogP contribution in [0.2, 0.25) is 0 Å². The molecular weight excluding hydrogens is 474 g/mol. The molecule has 1 aromatic carbocycles. The molecule has 0 radical (unpaired) electrons. The van der Waals surface area contributed by atoms with E-state index >= 15 is 0 Å². The van der Waals surface area contributed by atoms with Crippen molar-refractivity contribution in [3.05, 3.63) is 35.9 Å². The van der Waals surface area contributed by atoms with E-state index in [1.54, 1.807) is 0 Å². The summed E-state index contributed by atoms with van der Waals surface area (Å²) in [5.41, 5.74) is 2.00. The van der Waals surface area contributed by atoms with Gasteiger partial charge < -0.3 is 0 Å². The molecule has 4 saturated heterocycles. The van der Waals surface area contributed by atoms with Gasteiger partial charge in [0.25, 0.3) is 0 Å². The van der Waals surface area contributed by atoms with Gasteiger partial charge in [0.1, 0.15) is 0 Å². The Labute approximate surface area is 231 Å². The average molecular weight is 528 g/mol. The first kappa shape index (κ1) is 27.9. The minimum atomic E-state index is 0.233. The zero-order chi connectivity index (χ0) is 26.2. The Morgan fingerprint density at radius 1 is 0.946 bits per heavy atom. The molecule has 37 heavy (non-hydrogen) atoms. The van der Waals surface area contributed by atoms with Crippen molar-refractivity contribution < 1.29 is 0 Å². The average Bonchev–Trinajstić information content (AvgIpc) is 3.17. The topological polar surface area (TPSA) is 42.6 Å². The van der Waals surface area contributed by atoms with E-state index in [9.17, 15) is 0 Å². The van der Waals surface area contributed by atoms with Crippen LogP contribution < -0.4 is 15.4 Å². The number of benzene rings is 1. The van der Waals surface area contributed by atoms with Crippen molar-refractivity contribution in [1.82, 2.24) is 25.2 Å². The Balaban J connectivity index is 1.42. The van der Waals surface area contributed by atoms with Crippen LogP contribution in [-0.2, 0) is 0 Å². The van der Waals surface area contributed by atoms with Gasteiger partial charge in [0, 0.05) is 36.6 Å². The first-order chi connectivity index (χ1) is 17.6. The summed E-state index contributed by atoms with van der Waals surface area (Å²) in [7, 11) is 2.36. The standard InChI is InChI=1S/C31H53N5S/c1-30(2,3)26-18-16-24-20-32-37-28-14-10-13-27(34-28)35(6)25(23-11-8-7-9-12-23)17-15-22-19-31(4,5)36(21-22)29(24)33-26/h7-9,11-12,22,24-29,32-34H,10,13-21H2,1-6H3/t22-,24?,25?,26?,27?,28?,29?/m0/s1. The molecule has 8 atom stereocenters. The predicted octanol–water partition coefficient (Wildman–Crippen LogP) is 5.96.